The predicted octanol–water partition coefficient (Wildman–Crippen LogP) is 13.2. The Labute approximate surface area is 525 Å². The number of esters is 2. The summed E-state index contributed by atoms with van der Waals surface area (Å²) in [7, 11) is 4.36. The highest BCUT2D eigenvalue weighted by atomic mass is 32.2. The molecule has 458 valence electrons. The zero-order chi connectivity index (χ0) is 64.4. The number of hydrogen-bond donors (Lipinski definition) is 2. The monoisotopic (exact) mass is 1220 g/mol. The molecule has 5 aliphatic carbocycles. The van der Waals surface area contributed by atoms with Gasteiger partial charge < -0.3 is 24.9 Å². The second kappa shape index (κ2) is 25.8. The lowest BCUT2D eigenvalue weighted by Gasteiger charge is -2.24. The highest BCUT2D eigenvalue weighted by Crippen LogP contribution is 2.49. The maximum atomic E-state index is 13.2. The van der Waals surface area contributed by atoms with Gasteiger partial charge in [-0.15, -0.1) is 13.2 Å². The Bertz CT molecular complexity index is 4160. The number of aromatic amines is 1. The molecular weight excluding hydrogens is 1140 g/mol. The van der Waals surface area contributed by atoms with Gasteiger partial charge in [0.2, 0.25) is 0 Å². The van der Waals surface area contributed by atoms with E-state index >= 15 is 0 Å². The maximum Gasteiger partial charge on any atom is 0.336 e. The Morgan fingerprint density at radius 2 is 1.11 bits per heavy atom. The van der Waals surface area contributed by atoms with E-state index < -0.39 is 17.3 Å². The first-order valence-corrected chi connectivity index (χ1v) is 30.6. The van der Waals surface area contributed by atoms with Gasteiger partial charge in [0.1, 0.15) is 5.92 Å². The van der Waals surface area contributed by atoms with Crippen molar-refractivity contribution in [3.63, 3.8) is 0 Å². The number of H-pyrrole nitrogens is 1. The van der Waals surface area contributed by atoms with Gasteiger partial charge in [-0.25, -0.2) is 9.78 Å². The number of ketones is 2. The Kier molecular flexibility index (Phi) is 19.2. The van der Waals surface area contributed by atoms with Crippen molar-refractivity contribution in [3.05, 3.63) is 233 Å². The standard InChI is InChI=1S/C19H22N2O2S.C16H16N2OS.C13H15NO2.C13H14O3.C11H12O/c1-5-10-21-17(22)15-16(20-18(21)24-12-11-23-4)13-8-6-7-9-14(13)19(15,2)3;1-4-9-18-14(19)12-13(17-15(18)20)10-7-5-6-8-11(10)16(12,2)3;2*1-13(2)9-7-5-4-6-8(9)11(14)10(13)12(15)16-3;1-11(2)7-10(12)8-5-3-4-6-9(8)11/h5-9H,1,10-12H2,2-4H3;4-8H,1,9H2,2-3H3,(H,17,20);4-7H,14H2,1-3H3;4-7,10H,1-3H3;3-6H,7H2,1-2H3. The van der Waals surface area contributed by atoms with Crippen molar-refractivity contribution in [2.75, 3.05) is 33.7 Å². The Morgan fingerprint density at radius 3 is 1.65 bits per heavy atom. The van der Waals surface area contributed by atoms with E-state index in [0.29, 0.717) is 47.7 Å². The first kappa shape index (κ1) is 65.7. The van der Waals surface area contributed by atoms with E-state index in [0.717, 1.165) is 77.9 Å². The Balaban J connectivity index is 0.000000145. The second-order valence-corrected chi connectivity index (χ2v) is 26.4. The number of nitrogens with zero attached hydrogens (tertiary/aromatic N) is 3. The number of aromatic nitrogens is 4. The molecule has 88 heavy (non-hydrogen) atoms. The summed E-state index contributed by atoms with van der Waals surface area (Å²) in [5.74, 6) is -0.605. The van der Waals surface area contributed by atoms with Crippen LogP contribution in [0.3, 0.4) is 0 Å². The van der Waals surface area contributed by atoms with E-state index in [1.807, 2.05) is 119 Å². The molecule has 2 aromatic heterocycles. The molecule has 12 rings (SSSR count). The highest BCUT2D eigenvalue weighted by molar-refractivity contribution is 7.99. The molecule has 1 unspecified atom stereocenters. The summed E-state index contributed by atoms with van der Waals surface area (Å²) in [5.41, 5.74) is 19.1. The van der Waals surface area contributed by atoms with Crippen molar-refractivity contribution in [1.82, 2.24) is 19.1 Å². The average Bonchev–Trinajstić information content (AvgIpc) is 2.34. The van der Waals surface area contributed by atoms with E-state index in [9.17, 15) is 28.8 Å². The van der Waals surface area contributed by atoms with E-state index in [2.05, 4.69) is 83.9 Å². The summed E-state index contributed by atoms with van der Waals surface area (Å²) in [4.78, 5) is 81.1. The summed E-state index contributed by atoms with van der Waals surface area (Å²) >= 11 is 6.86. The Hall–Kier alpha value is -8.31. The van der Waals surface area contributed by atoms with E-state index in [1.165, 1.54) is 19.8 Å². The van der Waals surface area contributed by atoms with Gasteiger partial charge in [0.25, 0.3) is 11.1 Å². The maximum absolute atomic E-state index is 13.2. The number of methoxy groups -OCH3 is 3. The number of ether oxygens (including phenoxy) is 3. The molecule has 5 aromatic carbocycles. The topological polar surface area (TPSA) is 195 Å². The number of benzene rings is 5. The van der Waals surface area contributed by atoms with Crippen LogP contribution in [0.5, 0.6) is 0 Å². The van der Waals surface area contributed by atoms with Gasteiger partial charge in [-0.1, -0.05) is 214 Å². The fourth-order valence-electron chi connectivity index (χ4n) is 13.0. The molecule has 14 nitrogen and oxygen atoms in total. The summed E-state index contributed by atoms with van der Waals surface area (Å²) in [5, 5.41) is 0.725. The minimum atomic E-state index is -0.713. The van der Waals surface area contributed by atoms with Gasteiger partial charge in [0, 0.05) is 81.9 Å². The number of thioether (sulfide) groups is 1. The van der Waals surface area contributed by atoms with Crippen LogP contribution >= 0.6 is 24.0 Å². The van der Waals surface area contributed by atoms with Crippen LogP contribution in [-0.2, 0) is 64.0 Å². The van der Waals surface area contributed by atoms with Crippen LogP contribution in [0, 0.1) is 10.7 Å². The SMILES string of the molecule is C=CCn1c(=S)[nH]c2c(c1=O)C(C)(C)c1ccccc1-2.C=CCn1c(SCCOC)nc2c(c1=O)C(C)(C)c1ccccc1-2.CC1(C)CC(=O)c2ccccc21.COC(=O)C1=C(N)c2ccccc2C1(C)C.COC(=O)C1C(=O)c2ccccc2C1(C)C. The molecule has 0 fully saturated rings. The lowest BCUT2D eigenvalue weighted by Crippen LogP contribution is -2.34. The fraction of sp³-hybridized carbons (Fsp3) is 0.333. The molecule has 0 saturated carbocycles. The Morgan fingerprint density at radius 1 is 0.636 bits per heavy atom. The molecule has 0 spiro atoms. The van der Waals surface area contributed by atoms with Crippen LogP contribution in [0.1, 0.15) is 141 Å². The molecule has 0 amide bonds. The summed E-state index contributed by atoms with van der Waals surface area (Å²) in [6.07, 6.45) is 4.09. The van der Waals surface area contributed by atoms with Crippen LogP contribution in [-0.4, -0.2) is 76.3 Å². The van der Waals surface area contributed by atoms with Crippen molar-refractivity contribution >= 4 is 53.2 Å². The summed E-state index contributed by atoms with van der Waals surface area (Å²) < 4.78 is 18.4. The van der Waals surface area contributed by atoms with Gasteiger partial charge in [0.05, 0.1) is 54.6 Å². The highest BCUT2D eigenvalue weighted by Gasteiger charge is 2.50. The number of carbonyl (C=O) groups is 4. The van der Waals surface area contributed by atoms with Crippen LogP contribution in [0.4, 0.5) is 0 Å². The van der Waals surface area contributed by atoms with Gasteiger partial charge >= 0.3 is 11.9 Å². The van der Waals surface area contributed by atoms with E-state index in [-0.39, 0.29) is 50.3 Å². The lowest BCUT2D eigenvalue weighted by atomic mass is 9.78. The van der Waals surface area contributed by atoms with Gasteiger partial charge in [0.15, 0.2) is 21.5 Å². The minimum Gasteiger partial charge on any atom is -0.468 e. The molecule has 16 heteroatoms. The van der Waals surface area contributed by atoms with Crippen molar-refractivity contribution in [1.29, 1.82) is 0 Å². The molecular formula is C72H79N5O9S2. The number of fused-ring (bicyclic) bond motifs is 9. The van der Waals surface area contributed by atoms with Crippen LogP contribution in [0.2, 0.25) is 0 Å². The number of carbonyl (C=O) groups excluding carboxylic acids is 4. The second-order valence-electron chi connectivity index (χ2n) is 25.0. The normalized spacial score (nSPS) is 16.9. The van der Waals surface area contributed by atoms with Gasteiger partial charge in [-0.3, -0.25) is 33.1 Å². The smallest absolute Gasteiger partial charge is 0.336 e. The van der Waals surface area contributed by atoms with E-state index in [4.69, 9.17) is 37.1 Å². The molecule has 1 atom stereocenters. The third-order valence-electron chi connectivity index (χ3n) is 17.5. The molecule has 7 aromatic rings. The van der Waals surface area contributed by atoms with Crippen molar-refractivity contribution in [2.24, 2.45) is 11.7 Å². The van der Waals surface area contributed by atoms with Crippen molar-refractivity contribution in [2.45, 2.75) is 121 Å². The average molecular weight is 1220 g/mol. The fourth-order valence-corrected chi connectivity index (χ4v) is 14.1. The molecule has 2 heterocycles. The van der Waals surface area contributed by atoms with Gasteiger partial charge in [-0.05, 0) is 45.5 Å². The molecule has 0 radical (unpaired) electrons. The molecule has 0 saturated heterocycles. The molecule has 5 aliphatic rings. The number of Topliss-reactive ketones (excluding diaryl/α,β-unsaturated/α-hetero) is 2. The van der Waals surface area contributed by atoms with Gasteiger partial charge in [-0.2, -0.15) is 0 Å². The summed E-state index contributed by atoms with van der Waals surface area (Å²) in [6, 6.07) is 39.3. The predicted molar refractivity (Wildman–Crippen MR) is 353 cm³/mol. The number of rotatable bonds is 10. The molecule has 0 bridgehead atoms. The zero-order valence-corrected chi connectivity index (χ0v) is 54.3. The van der Waals surface area contributed by atoms with Crippen LogP contribution in [0.15, 0.2) is 167 Å². The first-order valence-electron chi connectivity index (χ1n) is 29.2. The largest absolute Gasteiger partial charge is 0.468 e. The molecule has 3 N–H and O–H groups in total. The van der Waals surface area contributed by atoms with Crippen LogP contribution < -0.4 is 16.9 Å². The minimum absolute atomic E-state index is 0.0233. The lowest BCUT2D eigenvalue weighted by molar-refractivity contribution is -0.145. The third kappa shape index (κ3) is 11.8. The number of allylic oxidation sites excluding steroid dienone is 2. The quantitative estimate of drug-likeness (QED) is 0.0250. The van der Waals surface area contributed by atoms with Crippen molar-refractivity contribution in [3.8, 4) is 22.5 Å². The van der Waals surface area contributed by atoms with Crippen LogP contribution in [0.25, 0.3) is 28.2 Å². The van der Waals surface area contributed by atoms with E-state index in [1.54, 1.807) is 46.2 Å². The number of hydrogen-bond acceptors (Lipinski definition) is 13. The zero-order valence-electron chi connectivity index (χ0n) is 52.6. The third-order valence-corrected chi connectivity index (χ3v) is 18.7. The number of nitrogens with one attached hydrogen (secondary N) is 1. The first-order chi connectivity index (χ1) is 41.6. The summed E-state index contributed by atoms with van der Waals surface area (Å²) in [6.45, 7) is 29.3. The molecule has 0 aliphatic heterocycles. The van der Waals surface area contributed by atoms with Crippen molar-refractivity contribution < 1.29 is 33.4 Å². The number of nitrogens with two attached hydrogens (primary N) is 1.